The fraction of sp³-hybridized carbons (Fsp3) is 0.387. The van der Waals surface area contributed by atoms with Gasteiger partial charge in [-0.05, 0) is 49.2 Å². The first-order valence-corrected chi connectivity index (χ1v) is 13.5. The minimum absolute atomic E-state index is 0.124. The Hall–Kier alpha value is -4.76. The van der Waals surface area contributed by atoms with Gasteiger partial charge < -0.3 is 31.1 Å². The Bertz CT molecular complexity index is 1430. The minimum atomic E-state index is -2.30. The van der Waals surface area contributed by atoms with Crippen LogP contribution < -0.4 is 21.1 Å². The monoisotopic (exact) mass is 595 g/mol. The zero-order valence-corrected chi connectivity index (χ0v) is 25.1. The van der Waals surface area contributed by atoms with Crippen molar-refractivity contribution >= 4 is 29.7 Å². The molecule has 3 atom stereocenters. The second-order valence-corrected chi connectivity index (χ2v) is 10.7. The molecule has 0 saturated heterocycles. The van der Waals surface area contributed by atoms with Crippen LogP contribution in [0.15, 0.2) is 48.0 Å². The number of ether oxygens (including phenoxy) is 1. The van der Waals surface area contributed by atoms with Gasteiger partial charge in [0, 0.05) is 32.1 Å². The highest BCUT2D eigenvalue weighted by Gasteiger charge is 2.53. The SMILES string of the molecule is Cc1ccc(CNC(=O)[C@H](COc2cccc(C=C(C#N)C(=O)N(C)C)c2)C(NC(=O)C(C)C)(C(N)=O)C(C)O)c(F)c1. The average Bonchev–Trinajstić information content (AvgIpc) is 2.94. The second-order valence-electron chi connectivity index (χ2n) is 10.7. The van der Waals surface area contributed by atoms with Crippen molar-refractivity contribution in [2.24, 2.45) is 17.6 Å². The number of nitriles is 1. The Kier molecular flexibility index (Phi) is 12.0. The number of aliphatic hydroxyl groups excluding tert-OH is 1. The maximum atomic E-state index is 14.5. The molecule has 0 aliphatic heterocycles. The zero-order chi connectivity index (χ0) is 32.5. The van der Waals surface area contributed by atoms with Gasteiger partial charge in [-0.25, -0.2) is 4.39 Å². The third kappa shape index (κ3) is 8.62. The minimum Gasteiger partial charge on any atom is -0.493 e. The van der Waals surface area contributed by atoms with E-state index in [-0.39, 0.29) is 23.4 Å². The van der Waals surface area contributed by atoms with E-state index in [1.54, 1.807) is 39.0 Å². The van der Waals surface area contributed by atoms with Crippen molar-refractivity contribution in [3.05, 3.63) is 70.5 Å². The summed E-state index contributed by atoms with van der Waals surface area (Å²) in [6.07, 6.45) is -0.283. The lowest BCUT2D eigenvalue weighted by Crippen LogP contribution is -2.71. The number of hydrogen-bond acceptors (Lipinski definition) is 7. The van der Waals surface area contributed by atoms with Gasteiger partial charge in [0.15, 0.2) is 5.54 Å². The van der Waals surface area contributed by atoms with Gasteiger partial charge in [0.2, 0.25) is 17.7 Å². The Balaban J connectivity index is 2.50. The van der Waals surface area contributed by atoms with E-state index < -0.39 is 59.5 Å². The fourth-order valence-corrected chi connectivity index (χ4v) is 4.21. The second kappa shape index (κ2) is 14.9. The summed E-state index contributed by atoms with van der Waals surface area (Å²) in [5.41, 5.74) is 4.60. The molecule has 0 radical (unpaired) electrons. The van der Waals surface area contributed by atoms with Crippen molar-refractivity contribution in [1.82, 2.24) is 15.5 Å². The van der Waals surface area contributed by atoms with Gasteiger partial charge in [0.05, 0.1) is 6.10 Å². The summed E-state index contributed by atoms with van der Waals surface area (Å²) in [6.45, 7) is 5.23. The van der Waals surface area contributed by atoms with Crippen molar-refractivity contribution in [2.45, 2.75) is 45.9 Å². The molecule has 0 aromatic heterocycles. The number of nitrogens with one attached hydrogen (secondary N) is 2. The molecule has 0 saturated carbocycles. The zero-order valence-electron chi connectivity index (χ0n) is 25.1. The molecule has 0 bridgehead atoms. The highest BCUT2D eigenvalue weighted by molar-refractivity contribution is 6.01. The average molecular weight is 596 g/mol. The predicted molar refractivity (Wildman–Crippen MR) is 157 cm³/mol. The summed E-state index contributed by atoms with van der Waals surface area (Å²) < 4.78 is 20.4. The molecule has 11 nitrogen and oxygen atoms in total. The van der Waals surface area contributed by atoms with Gasteiger partial charge in [-0.2, -0.15) is 5.26 Å². The summed E-state index contributed by atoms with van der Waals surface area (Å²) in [7, 11) is 3.02. The van der Waals surface area contributed by atoms with Crippen LogP contribution in [0.4, 0.5) is 4.39 Å². The normalized spacial score (nSPS) is 14.1. The van der Waals surface area contributed by atoms with E-state index in [0.717, 1.165) is 0 Å². The maximum absolute atomic E-state index is 14.5. The first-order chi connectivity index (χ1) is 20.1. The molecule has 43 heavy (non-hydrogen) atoms. The number of amides is 4. The fourth-order valence-electron chi connectivity index (χ4n) is 4.21. The largest absolute Gasteiger partial charge is 0.493 e. The molecule has 5 N–H and O–H groups in total. The molecular weight excluding hydrogens is 557 g/mol. The van der Waals surface area contributed by atoms with Gasteiger partial charge in [-0.1, -0.05) is 38.1 Å². The van der Waals surface area contributed by atoms with Crippen molar-refractivity contribution in [3.8, 4) is 11.8 Å². The van der Waals surface area contributed by atoms with E-state index in [2.05, 4.69) is 10.6 Å². The molecule has 4 amide bonds. The van der Waals surface area contributed by atoms with E-state index in [4.69, 9.17) is 10.5 Å². The number of carbonyl (C=O) groups excluding carboxylic acids is 4. The molecule has 2 unspecified atom stereocenters. The van der Waals surface area contributed by atoms with E-state index >= 15 is 0 Å². The van der Waals surface area contributed by atoms with Crippen LogP contribution in [0.2, 0.25) is 0 Å². The van der Waals surface area contributed by atoms with Crippen LogP contribution in [-0.2, 0) is 25.7 Å². The quantitative estimate of drug-likeness (QED) is 0.202. The number of benzene rings is 2. The lowest BCUT2D eigenvalue weighted by molar-refractivity contribution is -0.148. The molecule has 230 valence electrons. The van der Waals surface area contributed by atoms with Crippen LogP contribution in [0.5, 0.6) is 5.75 Å². The molecule has 0 aliphatic rings. The summed E-state index contributed by atoms with van der Waals surface area (Å²) in [6, 6.07) is 12.6. The molecule has 0 heterocycles. The standard InChI is InChI=1S/C31H38FN5O6/c1-18(2)27(39)36-31(20(4)38,30(34)42)25(28(40)35-16-22-11-10-19(3)12-26(22)32)17-43-24-9-7-8-21(14-24)13-23(15-33)29(41)37(5)6/h7-14,18,20,25,38H,16-17H2,1-6H3,(H2,34,42)(H,35,40)(H,36,39)/t20?,25-,31?/m0/s1. The number of hydrogen-bond donors (Lipinski definition) is 4. The summed E-state index contributed by atoms with van der Waals surface area (Å²) in [5, 5.41) is 25.3. The Morgan fingerprint density at radius 2 is 1.81 bits per heavy atom. The van der Waals surface area contributed by atoms with Crippen LogP contribution >= 0.6 is 0 Å². The number of rotatable bonds is 13. The smallest absolute Gasteiger partial charge is 0.264 e. The molecule has 0 aliphatic carbocycles. The highest BCUT2D eigenvalue weighted by Crippen LogP contribution is 2.26. The van der Waals surface area contributed by atoms with Gasteiger partial charge in [0.25, 0.3) is 5.91 Å². The summed E-state index contributed by atoms with van der Waals surface area (Å²) in [5.74, 6) is -5.75. The molecule has 2 aromatic carbocycles. The van der Waals surface area contributed by atoms with Gasteiger partial charge in [-0.3, -0.25) is 19.2 Å². The van der Waals surface area contributed by atoms with E-state index in [1.807, 2.05) is 6.07 Å². The third-order valence-electron chi connectivity index (χ3n) is 6.79. The number of nitrogens with two attached hydrogens (primary N) is 1. The van der Waals surface area contributed by atoms with E-state index in [9.17, 15) is 33.9 Å². The van der Waals surface area contributed by atoms with Crippen LogP contribution in [0.25, 0.3) is 6.08 Å². The maximum Gasteiger partial charge on any atom is 0.264 e. The summed E-state index contributed by atoms with van der Waals surface area (Å²) >= 11 is 0. The van der Waals surface area contributed by atoms with Gasteiger partial charge >= 0.3 is 0 Å². The Morgan fingerprint density at radius 1 is 1.14 bits per heavy atom. The van der Waals surface area contributed by atoms with Crippen LogP contribution in [0.1, 0.15) is 37.5 Å². The molecule has 2 rings (SSSR count). The number of aryl methyl sites for hydroxylation is 1. The van der Waals surface area contributed by atoms with E-state index in [1.165, 1.54) is 56.3 Å². The Morgan fingerprint density at radius 3 is 2.35 bits per heavy atom. The molecule has 0 fully saturated rings. The van der Waals surface area contributed by atoms with E-state index in [0.29, 0.717) is 11.1 Å². The van der Waals surface area contributed by atoms with Crippen molar-refractivity contribution in [2.75, 3.05) is 20.7 Å². The molecular formula is C31H38FN5O6. The lowest BCUT2D eigenvalue weighted by atomic mass is 9.77. The van der Waals surface area contributed by atoms with Crippen LogP contribution in [0, 0.1) is 35.9 Å². The number of aliphatic hydroxyl groups is 1. The van der Waals surface area contributed by atoms with Crippen molar-refractivity contribution < 1.29 is 33.4 Å². The topological polar surface area (TPSA) is 175 Å². The number of likely N-dealkylation sites (N-methyl/N-ethyl adjacent to an activating group) is 1. The van der Waals surface area contributed by atoms with Crippen molar-refractivity contribution in [3.63, 3.8) is 0 Å². The van der Waals surface area contributed by atoms with Crippen LogP contribution in [0.3, 0.4) is 0 Å². The van der Waals surface area contributed by atoms with Gasteiger partial charge in [-0.15, -0.1) is 0 Å². The highest BCUT2D eigenvalue weighted by atomic mass is 19.1. The molecule has 2 aromatic rings. The Labute approximate surface area is 250 Å². The summed E-state index contributed by atoms with van der Waals surface area (Å²) in [4.78, 5) is 52.9. The van der Waals surface area contributed by atoms with Crippen molar-refractivity contribution in [1.29, 1.82) is 5.26 Å². The van der Waals surface area contributed by atoms with Gasteiger partial charge in [0.1, 0.15) is 35.7 Å². The third-order valence-corrected chi connectivity index (χ3v) is 6.79. The number of nitrogens with zero attached hydrogens (tertiary/aromatic N) is 2. The molecule has 0 spiro atoms. The van der Waals surface area contributed by atoms with Crippen LogP contribution in [-0.4, -0.2) is 66.0 Å². The number of primary amides is 1. The first kappa shape index (κ1) is 34.4. The number of carbonyl (C=O) groups is 4. The molecule has 12 heteroatoms. The first-order valence-electron chi connectivity index (χ1n) is 13.5. The lowest BCUT2D eigenvalue weighted by Gasteiger charge is -2.40. The number of halogens is 1. The predicted octanol–water partition coefficient (Wildman–Crippen LogP) is 1.82.